The van der Waals surface area contributed by atoms with Crippen LogP contribution >= 0.6 is 15.9 Å². The van der Waals surface area contributed by atoms with Crippen LogP contribution in [-0.4, -0.2) is 32.5 Å². The molecule has 0 bridgehead atoms. The third kappa shape index (κ3) is 2.77. The molecule has 92 valence electrons. The maximum atomic E-state index is 4.62. The van der Waals surface area contributed by atoms with Crippen molar-refractivity contribution in [3.05, 3.63) is 24.5 Å². The van der Waals surface area contributed by atoms with E-state index < -0.39 is 0 Å². The molecule has 0 aliphatic rings. The molecule has 4 nitrogen and oxygen atoms in total. The van der Waals surface area contributed by atoms with E-state index in [9.17, 15) is 0 Å². The summed E-state index contributed by atoms with van der Waals surface area (Å²) in [7, 11) is 0. The van der Waals surface area contributed by atoms with Gasteiger partial charge in [-0.05, 0) is 26.3 Å². The Kier molecular flexibility index (Phi) is 3.99. The Morgan fingerprint density at radius 2 is 2.24 bits per heavy atom. The van der Waals surface area contributed by atoms with Gasteiger partial charge in [0.25, 0.3) is 0 Å². The summed E-state index contributed by atoms with van der Waals surface area (Å²) < 4.78 is 1.78. The van der Waals surface area contributed by atoms with Crippen molar-refractivity contribution < 1.29 is 0 Å². The van der Waals surface area contributed by atoms with E-state index >= 15 is 0 Å². The Hall–Kier alpha value is -1.10. The normalized spacial score (nSPS) is 11.3. The second-order valence-electron chi connectivity index (χ2n) is 4.25. The molecule has 2 aromatic rings. The van der Waals surface area contributed by atoms with Crippen molar-refractivity contribution in [1.29, 1.82) is 0 Å². The Balaban J connectivity index is 2.27. The minimum atomic E-state index is 0.451. The topological polar surface area (TPSA) is 33.4 Å². The predicted molar refractivity (Wildman–Crippen MR) is 73.9 cm³/mol. The van der Waals surface area contributed by atoms with Gasteiger partial charge in [0, 0.05) is 30.2 Å². The first-order chi connectivity index (χ1) is 8.22. The second-order valence-corrected chi connectivity index (χ2v) is 5.04. The van der Waals surface area contributed by atoms with Crippen LogP contribution in [-0.2, 0) is 0 Å². The number of rotatable bonds is 5. The number of aromatic nitrogens is 3. The van der Waals surface area contributed by atoms with Crippen LogP contribution in [0.25, 0.3) is 5.65 Å². The van der Waals surface area contributed by atoms with Gasteiger partial charge in [-0.15, -0.1) is 0 Å². The van der Waals surface area contributed by atoms with Gasteiger partial charge in [-0.25, -0.2) is 9.50 Å². The fraction of sp³-hybridized carbons (Fsp3) is 0.500. The van der Waals surface area contributed by atoms with E-state index in [1.807, 2.05) is 18.3 Å². The van der Waals surface area contributed by atoms with Crippen LogP contribution < -0.4 is 4.90 Å². The molecule has 0 aromatic carbocycles. The predicted octanol–water partition coefficient (Wildman–Crippen LogP) is 2.73. The highest BCUT2D eigenvalue weighted by molar-refractivity contribution is 9.09. The zero-order chi connectivity index (χ0) is 12.3. The van der Waals surface area contributed by atoms with Crippen molar-refractivity contribution in [3.63, 3.8) is 0 Å². The van der Waals surface area contributed by atoms with Gasteiger partial charge in [-0.1, -0.05) is 15.9 Å². The number of hydrogen-bond donors (Lipinski definition) is 0. The summed E-state index contributed by atoms with van der Waals surface area (Å²) in [6.07, 6.45) is 4.84. The molecule has 17 heavy (non-hydrogen) atoms. The van der Waals surface area contributed by atoms with Crippen LogP contribution in [0.5, 0.6) is 0 Å². The molecule has 5 heteroatoms. The van der Waals surface area contributed by atoms with Crippen LogP contribution in [0, 0.1) is 0 Å². The number of anilines is 1. The van der Waals surface area contributed by atoms with Crippen molar-refractivity contribution >= 4 is 27.4 Å². The molecule has 0 saturated heterocycles. The number of halogens is 1. The van der Waals surface area contributed by atoms with E-state index in [4.69, 9.17) is 0 Å². The summed E-state index contributed by atoms with van der Waals surface area (Å²) in [5.74, 6) is 1.02. The number of fused-ring (bicyclic) bond motifs is 1. The molecular formula is C12H17BrN4. The average molecular weight is 297 g/mol. The Morgan fingerprint density at radius 3 is 2.94 bits per heavy atom. The zero-order valence-electron chi connectivity index (χ0n) is 10.2. The molecule has 0 amide bonds. The van der Waals surface area contributed by atoms with Gasteiger partial charge >= 0.3 is 0 Å². The summed E-state index contributed by atoms with van der Waals surface area (Å²) in [5, 5.41) is 5.17. The van der Waals surface area contributed by atoms with E-state index in [1.165, 1.54) is 0 Å². The minimum absolute atomic E-state index is 0.451. The molecule has 0 aliphatic heterocycles. The van der Waals surface area contributed by atoms with E-state index in [0.29, 0.717) is 6.04 Å². The lowest BCUT2D eigenvalue weighted by molar-refractivity contribution is 0.664. The molecule has 0 atom stereocenters. The molecule has 0 N–H and O–H groups in total. The molecule has 0 aliphatic carbocycles. The van der Waals surface area contributed by atoms with Crippen molar-refractivity contribution in [3.8, 4) is 0 Å². The van der Waals surface area contributed by atoms with Crippen molar-refractivity contribution in [1.82, 2.24) is 14.6 Å². The molecule has 0 saturated carbocycles. The molecule has 0 fully saturated rings. The van der Waals surface area contributed by atoms with Gasteiger partial charge in [-0.3, -0.25) is 0 Å². The summed E-state index contributed by atoms with van der Waals surface area (Å²) in [6, 6.07) is 4.40. The lowest BCUT2D eigenvalue weighted by Crippen LogP contribution is -2.32. The highest BCUT2D eigenvalue weighted by Gasteiger charge is 2.11. The number of alkyl halides is 1. The molecule has 2 heterocycles. The van der Waals surface area contributed by atoms with Gasteiger partial charge < -0.3 is 4.90 Å². The molecular weight excluding hydrogens is 280 g/mol. The van der Waals surface area contributed by atoms with Crippen LogP contribution in [0.15, 0.2) is 24.5 Å². The molecule has 0 radical (unpaired) electrons. The van der Waals surface area contributed by atoms with Gasteiger partial charge in [0.2, 0.25) is 0 Å². The fourth-order valence-electron chi connectivity index (χ4n) is 1.83. The Bertz CT molecular complexity index is 480. The largest absolute Gasteiger partial charge is 0.354 e. The van der Waals surface area contributed by atoms with Gasteiger partial charge in [0.15, 0.2) is 5.65 Å². The maximum absolute atomic E-state index is 4.62. The quantitative estimate of drug-likeness (QED) is 0.796. The minimum Gasteiger partial charge on any atom is -0.354 e. The van der Waals surface area contributed by atoms with Crippen LogP contribution in [0.4, 0.5) is 5.82 Å². The van der Waals surface area contributed by atoms with E-state index in [1.54, 1.807) is 10.7 Å². The molecule has 0 spiro atoms. The summed E-state index contributed by atoms with van der Waals surface area (Å²) >= 11 is 3.47. The fourth-order valence-corrected chi connectivity index (χ4v) is 2.08. The number of nitrogens with zero attached hydrogens (tertiary/aromatic N) is 4. The number of hydrogen-bond acceptors (Lipinski definition) is 3. The smallest absolute Gasteiger partial charge is 0.157 e. The van der Waals surface area contributed by atoms with Gasteiger partial charge in [0.05, 0.1) is 6.20 Å². The van der Waals surface area contributed by atoms with Crippen LogP contribution in [0.2, 0.25) is 0 Å². The van der Waals surface area contributed by atoms with Crippen molar-refractivity contribution in [2.24, 2.45) is 0 Å². The van der Waals surface area contributed by atoms with E-state index in [-0.39, 0.29) is 0 Å². The molecule has 2 aromatic heterocycles. The van der Waals surface area contributed by atoms with Gasteiger partial charge in [-0.2, -0.15) is 5.10 Å². The van der Waals surface area contributed by atoms with Gasteiger partial charge in [0.1, 0.15) is 5.82 Å². The zero-order valence-corrected chi connectivity index (χ0v) is 11.8. The SMILES string of the molecule is CC(C)N(CCCBr)c1ccn2nccc2n1. The first-order valence-electron chi connectivity index (χ1n) is 5.85. The summed E-state index contributed by atoms with van der Waals surface area (Å²) in [4.78, 5) is 6.93. The van der Waals surface area contributed by atoms with Crippen LogP contribution in [0.1, 0.15) is 20.3 Å². The van der Waals surface area contributed by atoms with Crippen molar-refractivity contribution in [2.75, 3.05) is 16.8 Å². The third-order valence-corrected chi connectivity index (χ3v) is 3.25. The third-order valence-electron chi connectivity index (χ3n) is 2.69. The van der Waals surface area contributed by atoms with Crippen molar-refractivity contribution in [2.45, 2.75) is 26.3 Å². The first kappa shape index (κ1) is 12.4. The van der Waals surface area contributed by atoms with E-state index in [0.717, 1.165) is 29.8 Å². The lowest BCUT2D eigenvalue weighted by Gasteiger charge is -2.27. The lowest BCUT2D eigenvalue weighted by atomic mass is 10.3. The van der Waals surface area contributed by atoms with Crippen LogP contribution in [0.3, 0.4) is 0 Å². The second kappa shape index (κ2) is 5.49. The molecule has 0 unspecified atom stereocenters. The maximum Gasteiger partial charge on any atom is 0.157 e. The first-order valence-corrected chi connectivity index (χ1v) is 6.97. The Labute approximate surface area is 110 Å². The monoisotopic (exact) mass is 296 g/mol. The Morgan fingerprint density at radius 1 is 1.41 bits per heavy atom. The van der Waals surface area contributed by atoms with E-state index in [2.05, 4.69) is 44.8 Å². The standard InChI is InChI=1S/C12H17BrN4/c1-10(2)16(8-3-6-13)11-5-9-17-12(15-11)4-7-14-17/h4-5,7,9-10H,3,6,8H2,1-2H3. The average Bonchev–Trinajstić information content (AvgIpc) is 2.76. The molecule has 2 rings (SSSR count). The highest BCUT2D eigenvalue weighted by atomic mass is 79.9. The highest BCUT2D eigenvalue weighted by Crippen LogP contribution is 2.15. The summed E-state index contributed by atoms with van der Waals surface area (Å²) in [5.41, 5.74) is 0.895. The summed E-state index contributed by atoms with van der Waals surface area (Å²) in [6.45, 7) is 5.40.